The van der Waals surface area contributed by atoms with Gasteiger partial charge >= 0.3 is 18.5 Å². The lowest BCUT2D eigenvalue weighted by atomic mass is 9.77. The Bertz CT molecular complexity index is 2660. The molecule has 20 heteroatoms. The third-order valence-corrected chi connectivity index (χ3v) is 13.0. The minimum atomic E-state index is -5.07. The first kappa shape index (κ1) is 42.1. The van der Waals surface area contributed by atoms with Gasteiger partial charge in [0.25, 0.3) is 5.65 Å². The minimum absolute atomic E-state index is 0.0806. The lowest BCUT2D eigenvalue weighted by Crippen LogP contribution is -2.37. The van der Waals surface area contributed by atoms with Crippen LogP contribution in [0.25, 0.3) is 39.8 Å². The Hall–Kier alpha value is -5.63. The molecule has 3 N–H and O–H groups in total. The van der Waals surface area contributed by atoms with E-state index >= 15 is 0 Å². The van der Waals surface area contributed by atoms with Crippen molar-refractivity contribution in [3.8, 4) is 40.0 Å². The molecule has 1 saturated carbocycles. The van der Waals surface area contributed by atoms with E-state index in [9.17, 15) is 39.9 Å². The number of aliphatic hydroxyl groups is 1. The predicted molar refractivity (Wildman–Crippen MR) is 213 cm³/mol. The molecule has 2 aliphatic rings. The topological polar surface area (TPSA) is 149 Å². The van der Waals surface area contributed by atoms with Crippen molar-refractivity contribution >= 4 is 32.5 Å². The van der Waals surface area contributed by atoms with Crippen molar-refractivity contribution in [3.05, 3.63) is 79.1 Å². The van der Waals surface area contributed by atoms with Crippen LogP contribution < -0.4 is 24.5 Å². The molecular formula is C41H43F6N8O5S+. The number of aromatic nitrogens is 6. The average Bonchev–Trinajstić information content (AvgIpc) is 3.78. The summed E-state index contributed by atoms with van der Waals surface area (Å²) in [5.41, 5.74) is 1.77. The normalized spacial score (nSPS) is 19.0. The molecular weight excluding hydrogens is 831 g/mol. The molecule has 13 nitrogen and oxygen atoms in total. The molecule has 0 amide bonds. The Morgan fingerprint density at radius 3 is 2.21 bits per heavy atom. The Morgan fingerprint density at radius 1 is 0.820 bits per heavy atom. The summed E-state index contributed by atoms with van der Waals surface area (Å²) in [5, 5.41) is 30.7. The Morgan fingerprint density at radius 2 is 1.51 bits per heavy atom. The summed E-state index contributed by atoms with van der Waals surface area (Å²) in [6.07, 6.45) is -2.29. The minimum Gasteiger partial charge on any atom is -0.406 e. The van der Waals surface area contributed by atoms with E-state index in [4.69, 9.17) is 5.10 Å². The molecule has 8 rings (SSSR count). The fourth-order valence-electron chi connectivity index (χ4n) is 8.14. The van der Waals surface area contributed by atoms with Crippen LogP contribution in [0.4, 0.5) is 37.7 Å². The summed E-state index contributed by atoms with van der Waals surface area (Å²) < 4.78 is 119. The first-order chi connectivity index (χ1) is 28.7. The van der Waals surface area contributed by atoms with Gasteiger partial charge in [0.05, 0.1) is 45.3 Å². The molecule has 1 aliphatic heterocycles. The number of hydrogen-bond donors (Lipinski definition) is 3. The highest BCUT2D eigenvalue weighted by Crippen LogP contribution is 2.36. The van der Waals surface area contributed by atoms with Gasteiger partial charge in [0, 0.05) is 36.5 Å². The zero-order valence-corrected chi connectivity index (χ0v) is 33.9. The van der Waals surface area contributed by atoms with E-state index in [2.05, 4.69) is 30.3 Å². The van der Waals surface area contributed by atoms with Crippen LogP contribution in [0, 0.1) is 11.8 Å². The number of halogens is 6. The largest absolute Gasteiger partial charge is 0.573 e. The molecule has 0 atom stereocenters. The molecule has 2 fully saturated rings. The van der Waals surface area contributed by atoms with Gasteiger partial charge < -0.3 is 25.2 Å². The van der Waals surface area contributed by atoms with E-state index in [1.54, 1.807) is 45.5 Å². The van der Waals surface area contributed by atoms with Crippen LogP contribution in [0.3, 0.4) is 0 Å². The summed E-state index contributed by atoms with van der Waals surface area (Å²) in [6.45, 7) is 4.09. The Labute approximate surface area is 346 Å². The number of alkyl halides is 6. The van der Waals surface area contributed by atoms with Gasteiger partial charge in [0.2, 0.25) is 0 Å². The SMILES string of the molecule is CC(C)(O)C1CCC(Nc2ccc3nnc(-c4cc(OC(F)(F)F)cc(-n5nc(-c6cccc(OC(F)(F)F)c6)[n+]6cc(NCC7CCS(=O)(=O)CC7)ccc56)c4)n3c2)CC1. The molecule has 6 aromatic rings. The van der Waals surface area contributed by atoms with Crippen molar-refractivity contribution in [2.24, 2.45) is 11.8 Å². The maximum Gasteiger partial charge on any atom is 0.573 e. The van der Waals surface area contributed by atoms with Crippen LogP contribution in [0.1, 0.15) is 52.4 Å². The van der Waals surface area contributed by atoms with Crippen molar-refractivity contribution < 1.29 is 53.7 Å². The van der Waals surface area contributed by atoms with Gasteiger partial charge in [-0.3, -0.25) is 4.40 Å². The molecule has 2 aromatic carbocycles. The summed E-state index contributed by atoms with van der Waals surface area (Å²) >= 11 is 0. The summed E-state index contributed by atoms with van der Waals surface area (Å²) in [6, 6.07) is 16.1. The van der Waals surface area contributed by atoms with Crippen LogP contribution in [-0.2, 0) is 9.84 Å². The maximum absolute atomic E-state index is 13.9. The molecule has 4 aromatic heterocycles. The maximum atomic E-state index is 13.9. The van der Waals surface area contributed by atoms with Gasteiger partial charge in [0.1, 0.15) is 27.0 Å². The van der Waals surface area contributed by atoms with Crippen molar-refractivity contribution in [2.75, 3.05) is 28.7 Å². The number of pyridine rings is 2. The zero-order valence-electron chi connectivity index (χ0n) is 33.0. The molecule has 61 heavy (non-hydrogen) atoms. The predicted octanol–water partition coefficient (Wildman–Crippen LogP) is 7.76. The monoisotopic (exact) mass is 873 g/mol. The first-order valence-electron chi connectivity index (χ1n) is 19.8. The number of nitrogens with one attached hydrogen (secondary N) is 2. The summed E-state index contributed by atoms with van der Waals surface area (Å²) in [4.78, 5) is 0. The first-order valence-corrected chi connectivity index (χ1v) is 21.6. The van der Waals surface area contributed by atoms with Gasteiger partial charge in [-0.05, 0) is 113 Å². The highest BCUT2D eigenvalue weighted by Gasteiger charge is 2.35. The fraction of sp³-hybridized carbons (Fsp3) is 0.415. The van der Waals surface area contributed by atoms with E-state index in [-0.39, 0.29) is 57.8 Å². The number of sulfone groups is 1. The van der Waals surface area contributed by atoms with Gasteiger partial charge in [-0.1, -0.05) is 10.7 Å². The fourth-order valence-corrected chi connectivity index (χ4v) is 9.73. The lowest BCUT2D eigenvalue weighted by molar-refractivity contribution is -0.499. The van der Waals surface area contributed by atoms with Crippen molar-refractivity contribution in [3.63, 3.8) is 0 Å². The number of rotatable bonds is 11. The third kappa shape index (κ3) is 9.96. The standard InChI is InChI=1S/C41H43F6N8O5S/c1-39(2,56)28-6-8-29(9-7-28)49-31-10-12-35-50-51-37(53(35)24-31)27-18-32(21-34(20-27)60-41(45,46)47)55-36-13-11-30(48-22-25-14-16-61(57,58)17-15-25)23-54(36)38(52-55)26-4-3-5-33(19-26)59-40(42,43)44/h3-5,10-13,18-21,23-25,28-29,48-49,56H,6-9,14-17,22H2,1-2H3/q+1. The van der Waals surface area contributed by atoms with Gasteiger partial charge in [-0.15, -0.1) is 36.5 Å². The highest BCUT2D eigenvalue weighted by atomic mass is 32.2. The van der Waals surface area contributed by atoms with Gasteiger partial charge in [-0.2, -0.15) is 4.40 Å². The number of hydrogen-bond acceptors (Lipinski definition) is 10. The molecule has 1 saturated heterocycles. The third-order valence-electron chi connectivity index (χ3n) is 11.3. The Kier molecular flexibility index (Phi) is 11.0. The summed E-state index contributed by atoms with van der Waals surface area (Å²) in [5.74, 6) is -0.327. The molecule has 5 heterocycles. The molecule has 0 bridgehead atoms. The van der Waals surface area contributed by atoms with E-state index in [0.717, 1.165) is 49.6 Å². The average molecular weight is 874 g/mol. The van der Waals surface area contributed by atoms with Gasteiger partial charge in [0.15, 0.2) is 11.5 Å². The van der Waals surface area contributed by atoms with Gasteiger partial charge in [-0.25, -0.2) is 8.42 Å². The zero-order chi connectivity index (χ0) is 43.3. The molecule has 1 aliphatic carbocycles. The summed E-state index contributed by atoms with van der Waals surface area (Å²) in [7, 11) is -3.07. The van der Waals surface area contributed by atoms with Crippen LogP contribution >= 0.6 is 0 Å². The van der Waals surface area contributed by atoms with Crippen molar-refractivity contribution in [2.45, 2.75) is 76.7 Å². The quantitative estimate of drug-likeness (QED) is 0.0872. The molecule has 324 valence electrons. The molecule has 0 unspecified atom stereocenters. The second kappa shape index (κ2) is 16.0. The van der Waals surface area contributed by atoms with Crippen LogP contribution in [0.5, 0.6) is 11.5 Å². The number of anilines is 2. The number of nitrogens with zero attached hydrogens (tertiary/aromatic N) is 6. The Balaban J connectivity index is 1.18. The van der Waals surface area contributed by atoms with E-state index in [1.165, 1.54) is 22.9 Å². The van der Waals surface area contributed by atoms with E-state index in [1.807, 2.05) is 19.9 Å². The van der Waals surface area contributed by atoms with Crippen LogP contribution in [0.2, 0.25) is 0 Å². The second-order valence-corrected chi connectivity index (χ2v) is 18.5. The van der Waals surface area contributed by atoms with E-state index < -0.39 is 39.7 Å². The number of fused-ring (bicyclic) bond motifs is 2. The van der Waals surface area contributed by atoms with E-state index in [0.29, 0.717) is 36.4 Å². The highest BCUT2D eigenvalue weighted by molar-refractivity contribution is 7.91. The second-order valence-electron chi connectivity index (χ2n) is 16.2. The van der Waals surface area contributed by atoms with Crippen molar-refractivity contribution in [1.29, 1.82) is 0 Å². The molecule has 0 radical (unpaired) electrons. The lowest BCUT2D eigenvalue weighted by Gasteiger charge is -2.36. The number of ether oxygens (including phenoxy) is 2. The molecule has 0 spiro atoms. The van der Waals surface area contributed by atoms with Crippen molar-refractivity contribution in [1.82, 2.24) is 24.4 Å². The van der Waals surface area contributed by atoms with Crippen LogP contribution in [-0.4, -0.2) is 80.3 Å². The number of benzene rings is 2. The van der Waals surface area contributed by atoms with Crippen LogP contribution in [0.15, 0.2) is 79.1 Å². The smallest absolute Gasteiger partial charge is 0.406 e.